The van der Waals surface area contributed by atoms with Gasteiger partial charge in [-0.25, -0.2) is 14.8 Å². The number of hydrazine groups is 1. The molecule has 2 aromatic heterocycles. The van der Waals surface area contributed by atoms with Gasteiger partial charge in [0.1, 0.15) is 5.82 Å². The van der Waals surface area contributed by atoms with Gasteiger partial charge in [0, 0.05) is 25.0 Å². The van der Waals surface area contributed by atoms with Crippen LogP contribution >= 0.6 is 0 Å². The highest BCUT2D eigenvalue weighted by Gasteiger charge is 2.29. The summed E-state index contributed by atoms with van der Waals surface area (Å²) in [4.78, 5) is 22.0. The first kappa shape index (κ1) is 21.3. The van der Waals surface area contributed by atoms with Gasteiger partial charge in [-0.15, -0.1) is 0 Å². The number of aromatic nitrogens is 3. The monoisotopic (exact) mass is 469 g/mol. The average molecular weight is 470 g/mol. The van der Waals surface area contributed by atoms with Gasteiger partial charge < -0.3 is 16.1 Å². The molecule has 10 nitrogen and oxygen atoms in total. The topological polar surface area (TPSA) is 124 Å². The second-order valence-corrected chi connectivity index (χ2v) is 9.48. The van der Waals surface area contributed by atoms with E-state index in [1.165, 1.54) is 18.5 Å². The van der Waals surface area contributed by atoms with Gasteiger partial charge in [-0.3, -0.25) is 14.6 Å². The number of aryl methyl sites for hydroxylation is 1. The molecule has 3 aliphatic rings. The zero-order chi connectivity index (χ0) is 23.9. The van der Waals surface area contributed by atoms with E-state index in [4.69, 9.17) is 0 Å². The molecule has 2 atom stereocenters. The van der Waals surface area contributed by atoms with E-state index in [1.807, 2.05) is 18.3 Å². The van der Waals surface area contributed by atoms with Crippen molar-refractivity contribution in [2.75, 3.05) is 5.32 Å². The van der Waals surface area contributed by atoms with Crippen molar-refractivity contribution in [3.8, 4) is 11.8 Å². The Bertz CT molecular complexity index is 1440. The summed E-state index contributed by atoms with van der Waals surface area (Å²) in [6.45, 7) is 0. The number of hydrogen-bond acceptors (Lipinski definition) is 8. The zero-order valence-corrected chi connectivity index (χ0v) is 19.5. The number of allylic oxidation sites excluding steroid dienone is 1. The number of nitrogens with one attached hydrogen (secondary N) is 4. The minimum atomic E-state index is -0.171. The summed E-state index contributed by atoms with van der Waals surface area (Å²) in [6, 6.07) is 11.8. The van der Waals surface area contributed by atoms with Crippen molar-refractivity contribution >= 4 is 22.8 Å². The van der Waals surface area contributed by atoms with Crippen LogP contribution in [0, 0.1) is 17.2 Å². The molecule has 0 unspecified atom stereocenters. The minimum Gasteiger partial charge on any atom is -0.367 e. The lowest BCUT2D eigenvalue weighted by Crippen LogP contribution is -2.50. The molecule has 6 rings (SSSR count). The SMILES string of the molecule is Cn1c(=O)n(-c2ccc(N[C@H]3CC[C@H](NC4=NC=C(C5CC5)NN4)C3)nc2)c2cc(C#N)ccc21. The fourth-order valence-corrected chi connectivity index (χ4v) is 4.92. The maximum Gasteiger partial charge on any atom is 0.333 e. The fourth-order valence-electron chi connectivity index (χ4n) is 4.92. The van der Waals surface area contributed by atoms with Crippen LogP contribution in [0.3, 0.4) is 0 Å². The highest BCUT2D eigenvalue weighted by atomic mass is 16.1. The van der Waals surface area contributed by atoms with E-state index in [-0.39, 0.29) is 5.69 Å². The number of pyridine rings is 1. The molecule has 0 bridgehead atoms. The highest BCUT2D eigenvalue weighted by Crippen LogP contribution is 2.35. The van der Waals surface area contributed by atoms with Gasteiger partial charge in [-0.05, 0) is 62.4 Å². The molecule has 2 aliphatic carbocycles. The Balaban J connectivity index is 1.12. The third kappa shape index (κ3) is 4.10. The Labute approximate surface area is 202 Å². The molecule has 3 heterocycles. The van der Waals surface area contributed by atoms with Crippen LogP contribution in [0.2, 0.25) is 0 Å². The number of nitriles is 1. The lowest BCUT2D eigenvalue weighted by atomic mass is 10.2. The summed E-state index contributed by atoms with van der Waals surface area (Å²) in [5, 5.41) is 16.3. The van der Waals surface area contributed by atoms with Gasteiger partial charge in [0.15, 0.2) is 0 Å². The van der Waals surface area contributed by atoms with Crippen LogP contribution in [0.1, 0.15) is 37.7 Å². The van der Waals surface area contributed by atoms with Gasteiger partial charge in [0.25, 0.3) is 0 Å². The Morgan fingerprint density at radius 1 is 1.06 bits per heavy atom. The van der Waals surface area contributed by atoms with Crippen LogP contribution < -0.4 is 27.2 Å². The highest BCUT2D eigenvalue weighted by molar-refractivity contribution is 5.81. The quantitative estimate of drug-likeness (QED) is 0.452. The van der Waals surface area contributed by atoms with Crippen molar-refractivity contribution in [3.05, 3.63) is 64.5 Å². The van der Waals surface area contributed by atoms with E-state index < -0.39 is 0 Å². The van der Waals surface area contributed by atoms with Crippen LogP contribution in [0.25, 0.3) is 16.7 Å². The number of anilines is 1. The normalized spacial score (nSPS) is 21.5. The maximum atomic E-state index is 12.9. The summed E-state index contributed by atoms with van der Waals surface area (Å²) >= 11 is 0. The number of fused-ring (bicyclic) bond motifs is 1. The van der Waals surface area contributed by atoms with Gasteiger partial charge in [-0.1, -0.05) is 0 Å². The lowest BCUT2D eigenvalue weighted by Gasteiger charge is -2.22. The van der Waals surface area contributed by atoms with Crippen LogP contribution in [0.4, 0.5) is 5.82 Å². The Morgan fingerprint density at radius 3 is 2.57 bits per heavy atom. The molecule has 178 valence electrons. The number of imidazole rings is 1. The van der Waals surface area contributed by atoms with E-state index in [0.717, 1.165) is 36.6 Å². The lowest BCUT2D eigenvalue weighted by molar-refractivity contribution is 0.584. The van der Waals surface area contributed by atoms with Crippen molar-refractivity contribution < 1.29 is 0 Å². The average Bonchev–Trinajstić information content (AvgIpc) is 3.60. The predicted octanol–water partition coefficient (Wildman–Crippen LogP) is 2.23. The fraction of sp³-hybridized carbons (Fsp3) is 0.360. The number of nitrogens with zero attached hydrogens (tertiary/aromatic N) is 5. The Hall–Kier alpha value is -4.26. The van der Waals surface area contributed by atoms with E-state index >= 15 is 0 Å². The maximum absolute atomic E-state index is 12.9. The molecule has 0 radical (unpaired) electrons. The third-order valence-electron chi connectivity index (χ3n) is 6.99. The van der Waals surface area contributed by atoms with Crippen molar-refractivity contribution in [1.82, 2.24) is 30.3 Å². The molecule has 3 aromatic rings. The molecular formula is C25H27N9O. The number of benzene rings is 1. The molecule has 0 amide bonds. The molecule has 35 heavy (non-hydrogen) atoms. The van der Waals surface area contributed by atoms with E-state index in [1.54, 1.807) is 40.6 Å². The molecule has 0 spiro atoms. The van der Waals surface area contributed by atoms with Crippen molar-refractivity contribution in [3.63, 3.8) is 0 Å². The molecule has 1 aromatic carbocycles. The first-order valence-corrected chi connectivity index (χ1v) is 12.0. The summed E-state index contributed by atoms with van der Waals surface area (Å²) < 4.78 is 3.18. The first-order chi connectivity index (χ1) is 17.1. The standard InChI is InChI=1S/C25H27N9O/c1-33-21-8-2-15(12-26)10-22(21)34(25(33)35)19-7-9-23(27-13-19)29-17-5-6-18(11-17)30-24-28-14-20(31-32-24)16-3-4-16/h2,7-10,13-14,16-18,31H,3-6,11H2,1H3,(H,27,29)(H2,28,30,32)/t17-,18-/m0/s1. The van der Waals surface area contributed by atoms with Crippen LogP contribution in [0.5, 0.6) is 0 Å². The first-order valence-electron chi connectivity index (χ1n) is 12.0. The number of guanidine groups is 1. The summed E-state index contributed by atoms with van der Waals surface area (Å²) in [5.41, 5.74) is 10.1. The smallest absolute Gasteiger partial charge is 0.333 e. The van der Waals surface area contributed by atoms with Gasteiger partial charge in [0.05, 0.1) is 46.4 Å². The molecule has 0 saturated heterocycles. The Kier molecular flexibility index (Phi) is 5.17. The van der Waals surface area contributed by atoms with E-state index in [0.29, 0.717) is 34.8 Å². The van der Waals surface area contributed by atoms with Crippen LogP contribution in [0.15, 0.2) is 58.2 Å². The second kappa shape index (κ2) is 8.51. The molecule has 10 heteroatoms. The van der Waals surface area contributed by atoms with Crippen LogP contribution in [-0.2, 0) is 7.05 Å². The molecule has 1 aliphatic heterocycles. The second-order valence-electron chi connectivity index (χ2n) is 9.48. The van der Waals surface area contributed by atoms with Crippen molar-refractivity contribution in [2.24, 2.45) is 18.0 Å². The van der Waals surface area contributed by atoms with Crippen LogP contribution in [-0.4, -0.2) is 32.2 Å². The number of hydrogen-bond donors (Lipinski definition) is 4. The molecule has 2 saturated carbocycles. The van der Waals surface area contributed by atoms with Gasteiger partial charge in [0.2, 0.25) is 5.96 Å². The van der Waals surface area contributed by atoms with Crippen molar-refractivity contribution in [1.29, 1.82) is 5.26 Å². The summed E-state index contributed by atoms with van der Waals surface area (Å²) in [5.74, 6) is 2.18. The minimum absolute atomic E-state index is 0.171. The van der Waals surface area contributed by atoms with Crippen molar-refractivity contribution in [2.45, 2.75) is 44.2 Å². The largest absolute Gasteiger partial charge is 0.367 e. The number of rotatable bonds is 5. The Morgan fingerprint density at radius 2 is 1.89 bits per heavy atom. The van der Waals surface area contributed by atoms with Gasteiger partial charge in [-0.2, -0.15) is 5.26 Å². The molecule has 4 N–H and O–H groups in total. The third-order valence-corrected chi connectivity index (χ3v) is 6.99. The van der Waals surface area contributed by atoms with E-state index in [2.05, 4.69) is 37.5 Å². The molecular weight excluding hydrogens is 442 g/mol. The zero-order valence-electron chi connectivity index (χ0n) is 19.5. The predicted molar refractivity (Wildman–Crippen MR) is 134 cm³/mol. The van der Waals surface area contributed by atoms with Gasteiger partial charge >= 0.3 is 5.69 Å². The summed E-state index contributed by atoms with van der Waals surface area (Å²) in [6.07, 6.45) is 9.14. The molecule has 2 fully saturated rings. The number of aliphatic imine (C=N–C) groups is 1. The van der Waals surface area contributed by atoms with E-state index in [9.17, 15) is 10.1 Å². The summed E-state index contributed by atoms with van der Waals surface area (Å²) in [7, 11) is 1.73.